The van der Waals surface area contributed by atoms with E-state index < -0.39 is 10.9 Å². The summed E-state index contributed by atoms with van der Waals surface area (Å²) < 4.78 is 6.41. The summed E-state index contributed by atoms with van der Waals surface area (Å²) in [6.45, 7) is 1.87. The topological polar surface area (TPSA) is 116 Å². The number of hydrogen-bond donors (Lipinski definition) is 1. The summed E-state index contributed by atoms with van der Waals surface area (Å²) in [6.07, 6.45) is 0.00373. The van der Waals surface area contributed by atoms with Crippen LogP contribution in [0.1, 0.15) is 23.0 Å². The average Bonchev–Trinajstić information content (AvgIpc) is 2.88. The number of Topliss-reactive ketones (excluding diaryl/α,β-unsaturated/α-hetero) is 1. The summed E-state index contributed by atoms with van der Waals surface area (Å²) in [6, 6.07) is 5.49. The number of ether oxygens (including phenoxy) is 1. The normalized spacial score (nSPS) is 9.96. The number of halogens is 1. The molecule has 0 atom stereocenters. The molecule has 0 saturated heterocycles. The predicted molar refractivity (Wildman–Crippen MR) is 86.7 cm³/mol. The van der Waals surface area contributed by atoms with E-state index >= 15 is 0 Å². The molecule has 0 unspecified atom stereocenters. The molecule has 0 radical (unpaired) electrons. The van der Waals surface area contributed by atoms with Gasteiger partial charge in [-0.3, -0.25) is 25.4 Å². The minimum atomic E-state index is -0.560. The Balaban J connectivity index is 0.00000312. The van der Waals surface area contributed by atoms with Crippen LogP contribution in [0.15, 0.2) is 29.6 Å². The molecule has 0 fully saturated rings. The highest BCUT2D eigenvalue weighted by atomic mass is 79.9. The number of benzene rings is 1. The zero-order valence-electron chi connectivity index (χ0n) is 13.3. The van der Waals surface area contributed by atoms with Crippen molar-refractivity contribution in [2.75, 3.05) is 12.3 Å². The molecular weight excluding hydrogens is 414 g/mol. The van der Waals surface area contributed by atoms with Crippen LogP contribution in [0.5, 0.6) is 0 Å². The molecule has 0 amide bonds. The Hall–Kier alpha value is -2.33. The van der Waals surface area contributed by atoms with Gasteiger partial charge in [0.15, 0.2) is 6.54 Å². The maximum Gasteiger partial charge on any atom is 0.332 e. The molecule has 1 aromatic heterocycles. The fourth-order valence-corrected chi connectivity index (χ4v) is 2.88. The third-order valence-corrected chi connectivity index (χ3v) is 4.09. The lowest BCUT2D eigenvalue weighted by molar-refractivity contribution is -0.671. The fourth-order valence-electron chi connectivity index (χ4n) is 2.10. The Kier molecular flexibility index (Phi) is 7.65. The average molecular weight is 430 g/mol. The minimum Gasteiger partial charge on any atom is -1.00 e. The molecule has 2 rings (SSSR count). The van der Waals surface area contributed by atoms with Gasteiger partial charge in [-0.05, 0) is 6.92 Å². The van der Waals surface area contributed by atoms with Gasteiger partial charge in [0.2, 0.25) is 5.78 Å². The Labute approximate surface area is 158 Å². The summed E-state index contributed by atoms with van der Waals surface area (Å²) >= 11 is 1.21. The van der Waals surface area contributed by atoms with Crippen LogP contribution in [-0.4, -0.2) is 23.3 Å². The van der Waals surface area contributed by atoms with Gasteiger partial charge in [-0.15, -0.1) is 0 Å². The molecule has 1 aromatic carbocycles. The van der Waals surface area contributed by atoms with E-state index in [-0.39, 0.29) is 53.6 Å². The summed E-state index contributed by atoms with van der Waals surface area (Å²) in [5, 5.41) is 12.9. The van der Waals surface area contributed by atoms with Gasteiger partial charge in [0.25, 0.3) is 5.69 Å². The number of carbonyl (C=O) groups excluding carboxylic acids is 2. The van der Waals surface area contributed by atoms with Crippen LogP contribution in [0.25, 0.3) is 0 Å². The number of rotatable bonds is 7. The van der Waals surface area contributed by atoms with Gasteiger partial charge in [-0.25, -0.2) is 4.57 Å². The number of ketones is 1. The number of esters is 1. The molecule has 0 bridgehead atoms. The second-order valence-corrected chi connectivity index (χ2v) is 5.75. The van der Waals surface area contributed by atoms with Crippen LogP contribution in [0.4, 0.5) is 10.8 Å². The first kappa shape index (κ1) is 20.7. The number of nitrogens with zero attached hydrogens (tertiary/aromatic N) is 2. The van der Waals surface area contributed by atoms with Crippen LogP contribution in [0.2, 0.25) is 0 Å². The van der Waals surface area contributed by atoms with Crippen molar-refractivity contribution in [1.82, 2.24) is 0 Å². The van der Waals surface area contributed by atoms with Gasteiger partial charge in [-0.2, -0.15) is 0 Å². The summed E-state index contributed by atoms with van der Waals surface area (Å²) in [5.41, 5.74) is 6.48. The molecule has 8 nitrogen and oxygen atoms in total. The van der Waals surface area contributed by atoms with E-state index in [1.54, 1.807) is 12.3 Å². The lowest BCUT2D eigenvalue weighted by atomic mass is 10.1. The van der Waals surface area contributed by atoms with Gasteiger partial charge in [0.05, 0.1) is 11.5 Å². The van der Waals surface area contributed by atoms with Crippen molar-refractivity contribution in [3.8, 4) is 0 Å². The maximum atomic E-state index is 12.4. The lowest BCUT2D eigenvalue weighted by Crippen LogP contribution is -3.00. The summed E-state index contributed by atoms with van der Waals surface area (Å²) in [5.74, 6) is -0.745. The van der Waals surface area contributed by atoms with Crippen LogP contribution in [-0.2, 0) is 22.5 Å². The van der Waals surface area contributed by atoms with Gasteiger partial charge in [-0.1, -0.05) is 23.5 Å². The summed E-state index contributed by atoms with van der Waals surface area (Å²) in [4.78, 5) is 34.3. The van der Waals surface area contributed by atoms with Crippen LogP contribution in [0, 0.1) is 10.1 Å². The fraction of sp³-hybridized carbons (Fsp3) is 0.267. The monoisotopic (exact) mass is 429 g/mol. The van der Waals surface area contributed by atoms with Crippen molar-refractivity contribution in [2.45, 2.75) is 19.9 Å². The number of carbonyl (C=O) groups is 2. The van der Waals surface area contributed by atoms with E-state index in [9.17, 15) is 19.7 Å². The molecule has 1 heterocycles. The van der Waals surface area contributed by atoms with Crippen molar-refractivity contribution in [2.24, 2.45) is 0 Å². The van der Waals surface area contributed by atoms with E-state index in [1.807, 2.05) is 0 Å². The Morgan fingerprint density at radius 1 is 1.40 bits per heavy atom. The van der Waals surface area contributed by atoms with E-state index in [4.69, 9.17) is 10.5 Å². The largest absolute Gasteiger partial charge is 1.00 e. The van der Waals surface area contributed by atoms with Crippen molar-refractivity contribution in [3.63, 3.8) is 0 Å². The maximum absolute atomic E-state index is 12.4. The van der Waals surface area contributed by atoms with E-state index in [2.05, 4.69) is 0 Å². The standard InChI is InChI=1S/C15H15N3O5S.BrH/c1-2-23-14(20)7-12-9-24-15(16)17(12)8-13(19)10-4-3-5-11(6-10)18(21)22;/h3-6,9,16H,2,7-8H2,1H3;1H. The number of thiazole rings is 1. The van der Waals surface area contributed by atoms with Crippen molar-refractivity contribution >= 4 is 33.9 Å². The SMILES string of the molecule is CCOC(=O)Cc1csc(N)[n+]1CC(=O)c1cccc([N+](=O)[O-])c1.[Br-]. The van der Waals surface area contributed by atoms with Gasteiger partial charge >= 0.3 is 11.1 Å². The van der Waals surface area contributed by atoms with E-state index in [1.165, 1.54) is 40.2 Å². The van der Waals surface area contributed by atoms with Crippen molar-refractivity contribution in [3.05, 3.63) is 51.0 Å². The minimum absolute atomic E-state index is 0. The number of anilines is 1. The quantitative estimate of drug-likeness (QED) is 0.188. The van der Waals surface area contributed by atoms with Crippen molar-refractivity contribution in [1.29, 1.82) is 0 Å². The molecule has 2 N–H and O–H groups in total. The highest BCUT2D eigenvalue weighted by Crippen LogP contribution is 2.15. The van der Waals surface area contributed by atoms with E-state index in [0.717, 1.165) is 0 Å². The molecule has 0 aliphatic carbocycles. The number of nitrogen functional groups attached to an aromatic ring is 1. The molecule has 0 aliphatic heterocycles. The third kappa shape index (κ3) is 5.33. The Bertz CT molecular complexity index is 793. The Morgan fingerprint density at radius 2 is 2.12 bits per heavy atom. The molecule has 25 heavy (non-hydrogen) atoms. The third-order valence-electron chi connectivity index (χ3n) is 3.24. The number of non-ortho nitro benzene ring substituents is 1. The van der Waals surface area contributed by atoms with Crippen LogP contribution in [0.3, 0.4) is 0 Å². The number of hydrogen-bond acceptors (Lipinski definition) is 7. The number of nitro groups is 1. The second kappa shape index (κ2) is 9.23. The highest BCUT2D eigenvalue weighted by Gasteiger charge is 2.22. The Morgan fingerprint density at radius 3 is 2.76 bits per heavy atom. The van der Waals surface area contributed by atoms with E-state index in [0.29, 0.717) is 10.8 Å². The molecular formula is C15H16BrN3O5S. The first-order chi connectivity index (χ1) is 11.4. The van der Waals surface area contributed by atoms with Crippen LogP contribution >= 0.6 is 11.3 Å². The molecule has 0 saturated carbocycles. The summed E-state index contributed by atoms with van der Waals surface area (Å²) in [7, 11) is 0. The molecule has 0 spiro atoms. The first-order valence-corrected chi connectivity index (χ1v) is 7.99. The van der Waals surface area contributed by atoms with Gasteiger partial charge in [0, 0.05) is 23.1 Å². The molecule has 2 aromatic rings. The predicted octanol–water partition coefficient (Wildman–Crippen LogP) is -1.48. The molecule has 10 heteroatoms. The zero-order chi connectivity index (χ0) is 17.7. The molecule has 0 aliphatic rings. The van der Waals surface area contributed by atoms with Gasteiger partial charge in [0.1, 0.15) is 12.1 Å². The van der Waals surface area contributed by atoms with Crippen molar-refractivity contribution < 1.29 is 40.8 Å². The first-order valence-electron chi connectivity index (χ1n) is 7.11. The number of nitro benzene ring substituents is 1. The number of nitrogens with two attached hydrogens (primary N) is 1. The smallest absolute Gasteiger partial charge is 0.332 e. The van der Waals surface area contributed by atoms with Gasteiger partial charge < -0.3 is 21.7 Å². The van der Waals surface area contributed by atoms with Crippen LogP contribution < -0.4 is 27.3 Å². The second-order valence-electron chi connectivity index (χ2n) is 4.86. The number of aromatic nitrogens is 1. The molecule has 134 valence electrons. The highest BCUT2D eigenvalue weighted by molar-refractivity contribution is 7.13. The zero-order valence-corrected chi connectivity index (χ0v) is 15.7. The lowest BCUT2D eigenvalue weighted by Gasteiger charge is -2.04.